The van der Waals surface area contributed by atoms with Gasteiger partial charge < -0.3 is 15.2 Å². The third-order valence-corrected chi connectivity index (χ3v) is 3.76. The minimum absolute atomic E-state index is 0.241. The molecule has 6 heteroatoms. The number of esters is 1. The minimum Gasteiger partial charge on any atom is -0.484 e. The van der Waals surface area contributed by atoms with Crippen molar-refractivity contribution in [1.29, 1.82) is 0 Å². The summed E-state index contributed by atoms with van der Waals surface area (Å²) in [7, 11) is 0. The highest BCUT2D eigenvalue weighted by Gasteiger charge is 2.16. The number of primary amides is 1. The SMILES string of the molecule is Cc1cc(C)c(C(=O)COC(=O)c2ccc(OCC(N)=O)cc2)c(C)c1. The molecule has 2 rings (SSSR count). The van der Waals surface area contributed by atoms with Crippen molar-refractivity contribution >= 4 is 17.7 Å². The van der Waals surface area contributed by atoms with Crippen LogP contribution in [0.4, 0.5) is 0 Å². The van der Waals surface area contributed by atoms with Gasteiger partial charge in [-0.3, -0.25) is 9.59 Å². The van der Waals surface area contributed by atoms with E-state index in [4.69, 9.17) is 15.2 Å². The number of Topliss-reactive ketones (excluding diaryl/α,β-unsaturated/α-hetero) is 1. The van der Waals surface area contributed by atoms with Crippen LogP contribution in [0, 0.1) is 20.8 Å². The number of hydrogen-bond donors (Lipinski definition) is 1. The number of aryl methyl sites for hydroxylation is 3. The summed E-state index contributed by atoms with van der Waals surface area (Å²) in [4.78, 5) is 35.2. The molecule has 0 heterocycles. The van der Waals surface area contributed by atoms with Crippen LogP contribution >= 0.6 is 0 Å². The van der Waals surface area contributed by atoms with Gasteiger partial charge in [-0.15, -0.1) is 0 Å². The van der Waals surface area contributed by atoms with Gasteiger partial charge in [-0.25, -0.2) is 4.79 Å². The summed E-state index contributed by atoms with van der Waals surface area (Å²) in [5.74, 6) is -1.03. The molecule has 0 aromatic heterocycles. The highest BCUT2D eigenvalue weighted by molar-refractivity contribution is 6.01. The van der Waals surface area contributed by atoms with E-state index in [-0.39, 0.29) is 24.6 Å². The molecule has 0 aliphatic rings. The molecule has 2 aromatic carbocycles. The normalized spacial score (nSPS) is 10.3. The molecule has 0 aliphatic carbocycles. The lowest BCUT2D eigenvalue weighted by atomic mass is 9.97. The summed E-state index contributed by atoms with van der Waals surface area (Å²) in [6, 6.07) is 9.88. The number of benzene rings is 2. The van der Waals surface area contributed by atoms with E-state index in [0.29, 0.717) is 11.3 Å². The molecule has 2 N–H and O–H groups in total. The highest BCUT2D eigenvalue weighted by atomic mass is 16.5. The van der Waals surface area contributed by atoms with E-state index in [9.17, 15) is 14.4 Å². The second-order valence-corrected chi connectivity index (χ2v) is 6.05. The maximum absolute atomic E-state index is 12.4. The molecular formula is C20H21NO5. The Labute approximate surface area is 151 Å². The summed E-state index contributed by atoms with van der Waals surface area (Å²) >= 11 is 0. The van der Waals surface area contributed by atoms with E-state index in [1.165, 1.54) is 24.3 Å². The third-order valence-electron chi connectivity index (χ3n) is 3.76. The van der Waals surface area contributed by atoms with E-state index in [1.807, 2.05) is 32.9 Å². The molecule has 0 atom stereocenters. The quantitative estimate of drug-likeness (QED) is 0.608. The first-order valence-electron chi connectivity index (χ1n) is 8.07. The van der Waals surface area contributed by atoms with Crippen molar-refractivity contribution in [2.45, 2.75) is 20.8 Å². The molecule has 0 bridgehead atoms. The number of rotatable bonds is 7. The lowest BCUT2D eigenvalue weighted by Crippen LogP contribution is -2.20. The van der Waals surface area contributed by atoms with E-state index in [2.05, 4.69) is 0 Å². The molecule has 2 aromatic rings. The zero-order valence-corrected chi connectivity index (χ0v) is 15.0. The first-order chi connectivity index (χ1) is 12.3. The van der Waals surface area contributed by atoms with Crippen LogP contribution in [-0.4, -0.2) is 30.9 Å². The van der Waals surface area contributed by atoms with Crippen molar-refractivity contribution in [3.63, 3.8) is 0 Å². The fraction of sp³-hybridized carbons (Fsp3) is 0.250. The summed E-state index contributed by atoms with van der Waals surface area (Å²) in [5, 5.41) is 0. The molecule has 0 fully saturated rings. The predicted molar refractivity (Wildman–Crippen MR) is 96.4 cm³/mol. The second kappa shape index (κ2) is 8.29. The van der Waals surface area contributed by atoms with E-state index >= 15 is 0 Å². The Bertz CT molecular complexity index is 817. The second-order valence-electron chi connectivity index (χ2n) is 6.05. The molecule has 0 radical (unpaired) electrons. The van der Waals surface area contributed by atoms with Crippen LogP contribution in [0.25, 0.3) is 0 Å². The number of nitrogens with two attached hydrogens (primary N) is 1. The van der Waals surface area contributed by atoms with Gasteiger partial charge in [0.05, 0.1) is 5.56 Å². The molecule has 136 valence electrons. The Hall–Kier alpha value is -3.15. The fourth-order valence-corrected chi connectivity index (χ4v) is 2.75. The fourth-order valence-electron chi connectivity index (χ4n) is 2.75. The monoisotopic (exact) mass is 355 g/mol. The Morgan fingerprint density at radius 1 is 0.923 bits per heavy atom. The van der Waals surface area contributed by atoms with E-state index in [1.54, 1.807) is 0 Å². The van der Waals surface area contributed by atoms with Crippen LogP contribution in [0.1, 0.15) is 37.4 Å². The van der Waals surface area contributed by atoms with Gasteiger partial charge in [0.2, 0.25) is 5.78 Å². The predicted octanol–water partition coefficient (Wildman–Crippen LogP) is 2.52. The number of ether oxygens (including phenoxy) is 2. The van der Waals surface area contributed by atoms with Crippen LogP contribution in [-0.2, 0) is 9.53 Å². The van der Waals surface area contributed by atoms with Gasteiger partial charge in [0.1, 0.15) is 5.75 Å². The van der Waals surface area contributed by atoms with Crippen LogP contribution in [0.5, 0.6) is 5.75 Å². The van der Waals surface area contributed by atoms with Crippen molar-refractivity contribution < 1.29 is 23.9 Å². The molecule has 0 spiro atoms. The van der Waals surface area contributed by atoms with Crippen molar-refractivity contribution in [2.24, 2.45) is 5.73 Å². The largest absolute Gasteiger partial charge is 0.484 e. The van der Waals surface area contributed by atoms with Gasteiger partial charge in [0.15, 0.2) is 13.2 Å². The summed E-state index contributed by atoms with van der Waals surface area (Å²) in [5.41, 5.74) is 8.65. The van der Waals surface area contributed by atoms with Crippen LogP contribution in [0.3, 0.4) is 0 Å². The van der Waals surface area contributed by atoms with Crippen molar-refractivity contribution in [1.82, 2.24) is 0 Å². The maximum atomic E-state index is 12.4. The van der Waals surface area contributed by atoms with Crippen LogP contribution in [0.15, 0.2) is 36.4 Å². The zero-order chi connectivity index (χ0) is 19.3. The summed E-state index contributed by atoms with van der Waals surface area (Å²) in [6.45, 7) is 5.11. The van der Waals surface area contributed by atoms with Crippen molar-refractivity contribution in [3.05, 3.63) is 64.2 Å². The topological polar surface area (TPSA) is 95.7 Å². The summed E-state index contributed by atoms with van der Waals surface area (Å²) < 4.78 is 10.2. The number of carbonyl (C=O) groups is 3. The Balaban J connectivity index is 1.98. The van der Waals surface area contributed by atoms with Crippen LogP contribution < -0.4 is 10.5 Å². The number of carbonyl (C=O) groups excluding carboxylic acids is 3. The molecule has 0 unspecified atom stereocenters. The molecule has 1 amide bonds. The average Bonchev–Trinajstić information content (AvgIpc) is 2.57. The molecule has 0 aliphatic heterocycles. The molecule has 6 nitrogen and oxygen atoms in total. The third kappa shape index (κ3) is 4.92. The Morgan fingerprint density at radius 3 is 2.04 bits per heavy atom. The molecule has 0 saturated carbocycles. The average molecular weight is 355 g/mol. The van der Waals surface area contributed by atoms with Gasteiger partial charge in [-0.05, 0) is 56.2 Å². The first-order valence-corrected chi connectivity index (χ1v) is 8.07. The standard InChI is InChI=1S/C20H21NO5/c1-12-8-13(2)19(14(3)9-12)17(22)10-26-20(24)15-4-6-16(7-5-15)25-11-18(21)23/h4-9H,10-11H2,1-3H3,(H2,21,23). The first kappa shape index (κ1) is 19.2. The lowest BCUT2D eigenvalue weighted by Gasteiger charge is -2.11. The Kier molecular flexibility index (Phi) is 6.11. The van der Waals surface area contributed by atoms with Gasteiger partial charge in [0, 0.05) is 5.56 Å². The number of ketones is 1. The van der Waals surface area contributed by atoms with Gasteiger partial charge in [-0.1, -0.05) is 17.7 Å². The lowest BCUT2D eigenvalue weighted by molar-refractivity contribution is -0.119. The van der Waals surface area contributed by atoms with Gasteiger partial charge >= 0.3 is 5.97 Å². The van der Waals surface area contributed by atoms with Crippen LogP contribution in [0.2, 0.25) is 0 Å². The maximum Gasteiger partial charge on any atom is 0.338 e. The van der Waals surface area contributed by atoms with E-state index in [0.717, 1.165) is 16.7 Å². The zero-order valence-electron chi connectivity index (χ0n) is 15.0. The van der Waals surface area contributed by atoms with E-state index < -0.39 is 11.9 Å². The smallest absolute Gasteiger partial charge is 0.338 e. The van der Waals surface area contributed by atoms with Gasteiger partial charge in [-0.2, -0.15) is 0 Å². The van der Waals surface area contributed by atoms with Crippen molar-refractivity contribution in [2.75, 3.05) is 13.2 Å². The highest BCUT2D eigenvalue weighted by Crippen LogP contribution is 2.18. The molecule has 26 heavy (non-hydrogen) atoms. The molecular weight excluding hydrogens is 334 g/mol. The Morgan fingerprint density at radius 2 is 1.50 bits per heavy atom. The minimum atomic E-state index is -0.609. The van der Waals surface area contributed by atoms with Crippen molar-refractivity contribution in [3.8, 4) is 5.75 Å². The molecule has 0 saturated heterocycles. The number of amides is 1. The summed E-state index contributed by atoms with van der Waals surface area (Å²) in [6.07, 6.45) is 0. The number of hydrogen-bond acceptors (Lipinski definition) is 5. The van der Waals surface area contributed by atoms with Gasteiger partial charge in [0.25, 0.3) is 5.91 Å².